The van der Waals surface area contributed by atoms with E-state index in [-0.39, 0.29) is 5.56 Å². The van der Waals surface area contributed by atoms with Gasteiger partial charge in [-0.1, -0.05) is 28.9 Å². The van der Waals surface area contributed by atoms with Crippen molar-refractivity contribution >= 4 is 33.2 Å². The van der Waals surface area contributed by atoms with Gasteiger partial charge in [-0.2, -0.15) is 4.68 Å². The number of thiophene rings is 1. The first-order valence-electron chi connectivity index (χ1n) is 5.70. The smallest absolute Gasteiger partial charge is 0.267 e. The Morgan fingerprint density at radius 2 is 2.00 bits per heavy atom. The Hall–Kier alpha value is -1.72. The summed E-state index contributed by atoms with van der Waals surface area (Å²) >= 11 is 7.58. The molecule has 0 bridgehead atoms. The van der Waals surface area contributed by atoms with Crippen LogP contribution in [-0.4, -0.2) is 15.0 Å². The first kappa shape index (κ1) is 12.3. The molecule has 0 atom stereocenters. The molecule has 0 aliphatic rings. The van der Waals surface area contributed by atoms with Crippen LogP contribution in [0.1, 0.15) is 10.4 Å². The largest absolute Gasteiger partial charge is 0.283 e. The minimum atomic E-state index is -0.181. The lowest BCUT2D eigenvalue weighted by Gasteiger charge is -2.05. The maximum Gasteiger partial charge on any atom is 0.283 e. The molecule has 0 aliphatic heterocycles. The zero-order valence-corrected chi connectivity index (χ0v) is 11.9. The van der Waals surface area contributed by atoms with Crippen molar-refractivity contribution in [2.24, 2.45) is 0 Å². The second-order valence-corrected chi connectivity index (χ2v) is 5.83. The van der Waals surface area contributed by atoms with Crippen molar-refractivity contribution in [3.8, 4) is 5.69 Å². The molecule has 0 aliphatic carbocycles. The average Bonchev–Trinajstić information content (AvgIpc) is 2.68. The van der Waals surface area contributed by atoms with E-state index in [0.29, 0.717) is 20.9 Å². The lowest BCUT2D eigenvalue weighted by molar-refractivity contribution is 0.740. The molecule has 19 heavy (non-hydrogen) atoms. The monoisotopic (exact) mass is 291 g/mol. The van der Waals surface area contributed by atoms with Crippen LogP contribution in [0.4, 0.5) is 0 Å². The van der Waals surface area contributed by atoms with Gasteiger partial charge in [0.2, 0.25) is 0 Å². The lowest BCUT2D eigenvalue weighted by atomic mass is 10.2. The topological polar surface area (TPSA) is 47.8 Å². The standard InChI is InChI=1S/C13H10ClN3OS/c1-7-8(2)19-12-11(7)13(18)17(16-15-12)10-6-4-3-5-9(10)14/h3-6H,1-2H3. The van der Waals surface area contributed by atoms with Crippen molar-refractivity contribution in [1.29, 1.82) is 0 Å². The second kappa shape index (κ2) is 4.43. The highest BCUT2D eigenvalue weighted by Gasteiger charge is 2.15. The van der Waals surface area contributed by atoms with Gasteiger partial charge in [-0.15, -0.1) is 16.4 Å². The van der Waals surface area contributed by atoms with Crippen molar-refractivity contribution in [3.05, 3.63) is 50.1 Å². The number of fused-ring (bicyclic) bond motifs is 1. The quantitative estimate of drug-likeness (QED) is 0.692. The Morgan fingerprint density at radius 1 is 1.26 bits per heavy atom. The number of hydrogen-bond donors (Lipinski definition) is 0. The minimum Gasteiger partial charge on any atom is -0.267 e. The fraction of sp³-hybridized carbons (Fsp3) is 0.154. The van der Waals surface area contributed by atoms with Gasteiger partial charge in [0.05, 0.1) is 16.1 Å². The first-order valence-corrected chi connectivity index (χ1v) is 6.89. The van der Waals surface area contributed by atoms with Crippen molar-refractivity contribution < 1.29 is 0 Å². The van der Waals surface area contributed by atoms with E-state index in [4.69, 9.17) is 11.6 Å². The van der Waals surface area contributed by atoms with Gasteiger partial charge in [-0.3, -0.25) is 4.79 Å². The zero-order chi connectivity index (χ0) is 13.6. The van der Waals surface area contributed by atoms with E-state index >= 15 is 0 Å². The second-order valence-electron chi connectivity index (χ2n) is 4.22. The first-order chi connectivity index (χ1) is 9.09. The van der Waals surface area contributed by atoms with Crippen LogP contribution in [0, 0.1) is 13.8 Å². The molecule has 0 spiro atoms. The molecule has 96 valence electrons. The predicted octanol–water partition coefficient (Wildman–Crippen LogP) is 3.11. The molecule has 0 saturated carbocycles. The Labute approximate surface area is 118 Å². The molecule has 1 aromatic carbocycles. The normalized spacial score (nSPS) is 11.1. The van der Waals surface area contributed by atoms with Crippen LogP contribution in [0.3, 0.4) is 0 Å². The number of para-hydroxylation sites is 1. The van der Waals surface area contributed by atoms with E-state index < -0.39 is 0 Å². The van der Waals surface area contributed by atoms with Gasteiger partial charge in [0.1, 0.15) is 0 Å². The summed E-state index contributed by atoms with van der Waals surface area (Å²) in [5.41, 5.74) is 1.33. The van der Waals surface area contributed by atoms with Gasteiger partial charge in [-0.05, 0) is 31.5 Å². The molecular weight excluding hydrogens is 282 g/mol. The lowest BCUT2D eigenvalue weighted by Crippen LogP contribution is -2.22. The number of aromatic nitrogens is 3. The third kappa shape index (κ3) is 1.86. The van der Waals surface area contributed by atoms with Crippen LogP contribution in [0.25, 0.3) is 15.9 Å². The molecule has 2 heterocycles. The SMILES string of the molecule is Cc1sc2nnn(-c3ccccc3Cl)c(=O)c2c1C. The summed E-state index contributed by atoms with van der Waals surface area (Å²) in [4.78, 5) is 14.3. The summed E-state index contributed by atoms with van der Waals surface area (Å²) in [6.07, 6.45) is 0. The van der Waals surface area contributed by atoms with E-state index in [9.17, 15) is 4.79 Å². The highest BCUT2D eigenvalue weighted by molar-refractivity contribution is 7.18. The Morgan fingerprint density at radius 3 is 2.74 bits per heavy atom. The third-order valence-electron chi connectivity index (χ3n) is 3.08. The van der Waals surface area contributed by atoms with E-state index in [1.165, 1.54) is 16.0 Å². The molecule has 3 aromatic rings. The fourth-order valence-electron chi connectivity index (χ4n) is 1.94. The Balaban J connectivity index is 2.39. The number of aryl methyl sites for hydroxylation is 2. The van der Waals surface area contributed by atoms with Gasteiger partial charge in [-0.25, -0.2) is 0 Å². The maximum absolute atomic E-state index is 12.5. The fourth-order valence-corrected chi connectivity index (χ4v) is 3.13. The summed E-state index contributed by atoms with van der Waals surface area (Å²) < 4.78 is 1.25. The van der Waals surface area contributed by atoms with Crippen molar-refractivity contribution in [1.82, 2.24) is 15.0 Å². The van der Waals surface area contributed by atoms with Gasteiger partial charge in [0.15, 0.2) is 4.83 Å². The molecule has 3 rings (SSSR count). The van der Waals surface area contributed by atoms with Gasteiger partial charge < -0.3 is 0 Å². The number of nitrogens with zero attached hydrogens (tertiary/aromatic N) is 3. The van der Waals surface area contributed by atoms with Crippen molar-refractivity contribution in [2.75, 3.05) is 0 Å². The van der Waals surface area contributed by atoms with E-state index in [1.807, 2.05) is 26.0 Å². The molecule has 0 saturated heterocycles. The van der Waals surface area contributed by atoms with Crippen molar-refractivity contribution in [3.63, 3.8) is 0 Å². The zero-order valence-electron chi connectivity index (χ0n) is 10.3. The Bertz CT molecular complexity index is 838. The van der Waals surface area contributed by atoms with Crippen LogP contribution in [0.5, 0.6) is 0 Å². The minimum absolute atomic E-state index is 0.181. The molecule has 0 N–H and O–H groups in total. The van der Waals surface area contributed by atoms with Crippen LogP contribution >= 0.6 is 22.9 Å². The third-order valence-corrected chi connectivity index (χ3v) is 4.49. The van der Waals surface area contributed by atoms with Gasteiger partial charge in [0.25, 0.3) is 5.56 Å². The molecule has 4 nitrogen and oxygen atoms in total. The van der Waals surface area contributed by atoms with E-state index in [0.717, 1.165) is 10.4 Å². The molecule has 0 unspecified atom stereocenters. The van der Waals surface area contributed by atoms with Crippen LogP contribution in [-0.2, 0) is 0 Å². The molecular formula is C13H10ClN3OS. The van der Waals surface area contributed by atoms with Crippen LogP contribution in [0.2, 0.25) is 5.02 Å². The van der Waals surface area contributed by atoms with Gasteiger partial charge >= 0.3 is 0 Å². The average molecular weight is 292 g/mol. The summed E-state index contributed by atoms with van der Waals surface area (Å²) in [5, 5.41) is 9.18. The summed E-state index contributed by atoms with van der Waals surface area (Å²) in [7, 11) is 0. The van der Waals surface area contributed by atoms with Crippen LogP contribution in [0.15, 0.2) is 29.1 Å². The van der Waals surface area contributed by atoms with Crippen molar-refractivity contribution in [2.45, 2.75) is 13.8 Å². The molecule has 2 aromatic heterocycles. The highest BCUT2D eigenvalue weighted by atomic mass is 35.5. The summed E-state index contributed by atoms with van der Waals surface area (Å²) in [5.74, 6) is 0. The Kier molecular flexibility index (Phi) is 2.88. The molecule has 0 radical (unpaired) electrons. The van der Waals surface area contributed by atoms with Crippen LogP contribution < -0.4 is 5.56 Å². The summed E-state index contributed by atoms with van der Waals surface area (Å²) in [6, 6.07) is 7.09. The number of benzene rings is 1. The van der Waals surface area contributed by atoms with E-state index in [1.54, 1.807) is 12.1 Å². The number of halogens is 1. The highest BCUT2D eigenvalue weighted by Crippen LogP contribution is 2.26. The number of hydrogen-bond acceptors (Lipinski definition) is 4. The summed E-state index contributed by atoms with van der Waals surface area (Å²) in [6.45, 7) is 3.90. The molecule has 0 amide bonds. The van der Waals surface area contributed by atoms with E-state index in [2.05, 4.69) is 10.3 Å². The number of rotatable bonds is 1. The molecule has 6 heteroatoms. The molecule has 0 fully saturated rings. The maximum atomic E-state index is 12.5. The predicted molar refractivity (Wildman–Crippen MR) is 77.5 cm³/mol. The van der Waals surface area contributed by atoms with Gasteiger partial charge in [0, 0.05) is 4.88 Å².